The summed E-state index contributed by atoms with van der Waals surface area (Å²) >= 11 is 3.42. The first-order valence-electron chi connectivity index (χ1n) is 6.53. The molecule has 0 fully saturated rings. The minimum Gasteiger partial charge on any atom is -0.324 e. The van der Waals surface area contributed by atoms with Crippen LogP contribution in [0.15, 0.2) is 77.5 Å². The first-order valence-corrected chi connectivity index (χ1v) is 7.32. The fourth-order valence-corrected chi connectivity index (χ4v) is 2.46. The molecule has 3 aromatic rings. The second-order valence-electron chi connectivity index (χ2n) is 4.57. The first kappa shape index (κ1) is 13.6. The first-order chi connectivity index (χ1) is 10.2. The van der Waals surface area contributed by atoms with Crippen molar-refractivity contribution < 1.29 is 4.79 Å². The number of carbonyl (C=O) groups is 1. The summed E-state index contributed by atoms with van der Waals surface area (Å²) < 4.78 is 2.83. The van der Waals surface area contributed by atoms with E-state index in [9.17, 15) is 4.79 Å². The predicted octanol–water partition coefficient (Wildman–Crippen LogP) is 4.49. The molecule has 1 aromatic heterocycles. The molecule has 0 aliphatic carbocycles. The van der Waals surface area contributed by atoms with Crippen molar-refractivity contribution in [2.75, 3.05) is 5.32 Å². The Morgan fingerprint density at radius 1 is 0.952 bits per heavy atom. The zero-order valence-corrected chi connectivity index (χ0v) is 12.7. The maximum Gasteiger partial charge on any atom is 0.255 e. The number of hydrogen-bond acceptors (Lipinski definition) is 1. The number of para-hydroxylation sites is 1. The minimum atomic E-state index is -0.129. The lowest BCUT2D eigenvalue weighted by atomic mass is 10.2. The van der Waals surface area contributed by atoms with Crippen molar-refractivity contribution in [2.45, 2.75) is 0 Å². The molecule has 3 rings (SSSR count). The number of halogens is 1. The number of nitrogens with zero attached hydrogens (tertiary/aromatic N) is 1. The van der Waals surface area contributed by atoms with Crippen molar-refractivity contribution in [1.82, 2.24) is 4.57 Å². The summed E-state index contributed by atoms with van der Waals surface area (Å²) in [5, 5.41) is 2.90. The van der Waals surface area contributed by atoms with E-state index in [0.29, 0.717) is 5.56 Å². The molecule has 0 saturated heterocycles. The molecular formula is C17H13BrN2O. The number of hydrogen-bond donors (Lipinski definition) is 1. The van der Waals surface area contributed by atoms with Gasteiger partial charge in [-0.1, -0.05) is 18.2 Å². The van der Waals surface area contributed by atoms with E-state index in [-0.39, 0.29) is 5.91 Å². The van der Waals surface area contributed by atoms with Crippen LogP contribution in [0.4, 0.5) is 5.69 Å². The fraction of sp³-hybridized carbons (Fsp3) is 0. The van der Waals surface area contributed by atoms with E-state index in [1.54, 1.807) is 6.07 Å². The Kier molecular flexibility index (Phi) is 3.88. The Morgan fingerprint density at radius 2 is 1.71 bits per heavy atom. The van der Waals surface area contributed by atoms with E-state index in [4.69, 9.17) is 0 Å². The van der Waals surface area contributed by atoms with Gasteiger partial charge < -0.3 is 9.88 Å². The van der Waals surface area contributed by atoms with Gasteiger partial charge in [0.2, 0.25) is 0 Å². The van der Waals surface area contributed by atoms with Crippen molar-refractivity contribution in [3.8, 4) is 5.69 Å². The van der Waals surface area contributed by atoms with Gasteiger partial charge in [0.1, 0.15) is 0 Å². The van der Waals surface area contributed by atoms with E-state index in [0.717, 1.165) is 15.8 Å². The SMILES string of the molecule is O=C(Nc1ccccc1Br)c1cccc(-n2cccc2)c1. The predicted molar refractivity (Wildman–Crippen MR) is 87.9 cm³/mol. The average molecular weight is 341 g/mol. The van der Waals surface area contributed by atoms with E-state index in [1.165, 1.54) is 0 Å². The van der Waals surface area contributed by atoms with Crippen molar-refractivity contribution in [3.63, 3.8) is 0 Å². The van der Waals surface area contributed by atoms with E-state index in [1.807, 2.05) is 71.6 Å². The number of nitrogens with one attached hydrogen (secondary N) is 1. The van der Waals surface area contributed by atoms with Crippen LogP contribution in [0, 0.1) is 0 Å². The molecule has 4 heteroatoms. The Morgan fingerprint density at radius 3 is 2.48 bits per heavy atom. The fourth-order valence-electron chi connectivity index (χ4n) is 2.07. The quantitative estimate of drug-likeness (QED) is 0.748. The summed E-state index contributed by atoms with van der Waals surface area (Å²) in [5.74, 6) is -0.129. The molecule has 0 bridgehead atoms. The van der Waals surface area contributed by atoms with Crippen molar-refractivity contribution >= 4 is 27.5 Å². The average Bonchev–Trinajstić information content (AvgIpc) is 3.04. The van der Waals surface area contributed by atoms with E-state index in [2.05, 4.69) is 21.2 Å². The number of benzene rings is 2. The van der Waals surface area contributed by atoms with Gasteiger partial charge in [-0.3, -0.25) is 4.79 Å². The van der Waals surface area contributed by atoms with Gasteiger partial charge in [-0.2, -0.15) is 0 Å². The highest BCUT2D eigenvalue weighted by Crippen LogP contribution is 2.22. The smallest absolute Gasteiger partial charge is 0.255 e. The molecule has 0 radical (unpaired) electrons. The van der Waals surface area contributed by atoms with Crippen molar-refractivity contribution in [1.29, 1.82) is 0 Å². The zero-order valence-electron chi connectivity index (χ0n) is 11.2. The minimum absolute atomic E-state index is 0.129. The number of aromatic nitrogens is 1. The summed E-state index contributed by atoms with van der Waals surface area (Å²) in [6, 6.07) is 19.0. The van der Waals surface area contributed by atoms with Gasteiger partial charge in [-0.15, -0.1) is 0 Å². The van der Waals surface area contributed by atoms with Crippen LogP contribution >= 0.6 is 15.9 Å². The molecule has 2 aromatic carbocycles. The highest BCUT2D eigenvalue weighted by atomic mass is 79.9. The van der Waals surface area contributed by atoms with Gasteiger partial charge in [0.15, 0.2) is 0 Å². The molecule has 0 saturated carbocycles. The molecule has 0 aliphatic rings. The molecule has 0 spiro atoms. The molecule has 0 unspecified atom stereocenters. The van der Waals surface area contributed by atoms with Crippen LogP contribution in [0.1, 0.15) is 10.4 Å². The lowest BCUT2D eigenvalue weighted by molar-refractivity contribution is 0.102. The standard InChI is InChI=1S/C17H13BrN2O/c18-15-8-1-2-9-16(15)19-17(21)13-6-5-7-14(12-13)20-10-3-4-11-20/h1-12H,(H,19,21). The molecule has 104 valence electrons. The monoisotopic (exact) mass is 340 g/mol. The van der Waals surface area contributed by atoms with Crippen LogP contribution in [0.2, 0.25) is 0 Å². The van der Waals surface area contributed by atoms with Gasteiger partial charge in [0, 0.05) is 28.1 Å². The molecular weight excluding hydrogens is 328 g/mol. The van der Waals surface area contributed by atoms with Crippen LogP contribution in [0.5, 0.6) is 0 Å². The third kappa shape index (κ3) is 3.06. The number of carbonyl (C=O) groups excluding carboxylic acids is 1. The van der Waals surface area contributed by atoms with Gasteiger partial charge >= 0.3 is 0 Å². The van der Waals surface area contributed by atoms with Crippen LogP contribution in [-0.4, -0.2) is 10.5 Å². The van der Waals surface area contributed by atoms with Gasteiger partial charge in [-0.05, 0) is 58.4 Å². The Balaban J connectivity index is 1.85. The Labute approximate surface area is 131 Å². The molecule has 21 heavy (non-hydrogen) atoms. The second-order valence-corrected chi connectivity index (χ2v) is 5.43. The van der Waals surface area contributed by atoms with E-state index < -0.39 is 0 Å². The Hall–Kier alpha value is -2.33. The number of amides is 1. The summed E-state index contributed by atoms with van der Waals surface area (Å²) in [5.41, 5.74) is 2.34. The van der Waals surface area contributed by atoms with Crippen molar-refractivity contribution in [3.05, 3.63) is 83.1 Å². The second kappa shape index (κ2) is 5.97. The largest absolute Gasteiger partial charge is 0.324 e. The molecule has 1 N–H and O–H groups in total. The summed E-state index contributed by atoms with van der Waals surface area (Å²) in [6.07, 6.45) is 3.90. The molecule has 0 aliphatic heterocycles. The zero-order chi connectivity index (χ0) is 14.7. The lowest BCUT2D eigenvalue weighted by Gasteiger charge is -2.09. The maximum absolute atomic E-state index is 12.3. The maximum atomic E-state index is 12.3. The molecule has 3 nitrogen and oxygen atoms in total. The third-order valence-corrected chi connectivity index (χ3v) is 3.82. The highest BCUT2D eigenvalue weighted by Gasteiger charge is 2.08. The van der Waals surface area contributed by atoms with Gasteiger partial charge in [0.25, 0.3) is 5.91 Å². The van der Waals surface area contributed by atoms with Gasteiger partial charge in [0.05, 0.1) is 5.69 Å². The molecule has 1 amide bonds. The Bertz CT molecular complexity index is 766. The highest BCUT2D eigenvalue weighted by molar-refractivity contribution is 9.10. The molecule has 0 atom stereocenters. The summed E-state index contributed by atoms with van der Waals surface area (Å²) in [4.78, 5) is 12.3. The van der Waals surface area contributed by atoms with Crippen LogP contribution < -0.4 is 5.32 Å². The van der Waals surface area contributed by atoms with Gasteiger partial charge in [-0.25, -0.2) is 0 Å². The van der Waals surface area contributed by atoms with Crippen LogP contribution in [0.25, 0.3) is 5.69 Å². The van der Waals surface area contributed by atoms with Crippen LogP contribution in [0.3, 0.4) is 0 Å². The number of anilines is 1. The normalized spacial score (nSPS) is 10.3. The topological polar surface area (TPSA) is 34.0 Å². The number of rotatable bonds is 3. The van der Waals surface area contributed by atoms with E-state index >= 15 is 0 Å². The lowest BCUT2D eigenvalue weighted by Crippen LogP contribution is -2.12. The molecule has 1 heterocycles. The van der Waals surface area contributed by atoms with Crippen LogP contribution in [-0.2, 0) is 0 Å². The third-order valence-electron chi connectivity index (χ3n) is 3.13. The summed E-state index contributed by atoms with van der Waals surface area (Å²) in [6.45, 7) is 0. The van der Waals surface area contributed by atoms with Crippen molar-refractivity contribution in [2.24, 2.45) is 0 Å². The summed E-state index contributed by atoms with van der Waals surface area (Å²) in [7, 11) is 0.